The fraction of sp³-hybridized carbons (Fsp3) is 0.368. The number of amides is 1. The fourth-order valence-corrected chi connectivity index (χ4v) is 5.98. The maximum atomic E-state index is 13.3. The van der Waals surface area contributed by atoms with Gasteiger partial charge in [-0.05, 0) is 86.9 Å². The molecule has 3 aliphatic rings. The van der Waals surface area contributed by atoms with Crippen LogP contribution < -0.4 is 20.1 Å². The first-order chi connectivity index (χ1) is 22.6. The number of carbonyl (C=O) groups excluding carboxylic acids is 2. The van der Waals surface area contributed by atoms with Gasteiger partial charge in [0.25, 0.3) is 5.91 Å². The van der Waals surface area contributed by atoms with Crippen LogP contribution in [0.3, 0.4) is 0 Å². The molecular weight excluding hydrogens is 594 g/mol. The van der Waals surface area contributed by atoms with Crippen molar-refractivity contribution in [3.05, 3.63) is 83.2 Å². The molecule has 47 heavy (non-hydrogen) atoms. The SMILES string of the molecule is CN(C)c1ccc2c(-c3cc(C(=O)NCCCCC(=O)OC4CC/C=C/CCC4)ccc3C(=O)O)c3ccc(=[N+](C)C)cc-3oc2c1. The molecule has 1 heterocycles. The number of benzene rings is 3. The lowest BCUT2D eigenvalue weighted by Crippen LogP contribution is -2.25. The third-order valence-electron chi connectivity index (χ3n) is 8.61. The van der Waals surface area contributed by atoms with E-state index in [1.54, 1.807) is 6.07 Å². The van der Waals surface area contributed by atoms with Crippen LogP contribution in [0.1, 0.15) is 72.1 Å². The lowest BCUT2D eigenvalue weighted by atomic mass is 9.89. The van der Waals surface area contributed by atoms with Crippen LogP contribution in [0.5, 0.6) is 0 Å². The summed E-state index contributed by atoms with van der Waals surface area (Å²) in [6.45, 7) is 0.382. The van der Waals surface area contributed by atoms with E-state index in [9.17, 15) is 19.5 Å². The van der Waals surface area contributed by atoms with Crippen molar-refractivity contribution in [2.24, 2.45) is 0 Å². The summed E-state index contributed by atoms with van der Waals surface area (Å²) in [5.41, 5.74) is 3.82. The van der Waals surface area contributed by atoms with Gasteiger partial charge in [0.2, 0.25) is 5.36 Å². The average molecular weight is 639 g/mol. The van der Waals surface area contributed by atoms with E-state index in [-0.39, 0.29) is 23.5 Å². The van der Waals surface area contributed by atoms with E-state index < -0.39 is 5.97 Å². The maximum absolute atomic E-state index is 13.3. The van der Waals surface area contributed by atoms with Gasteiger partial charge < -0.3 is 24.5 Å². The summed E-state index contributed by atoms with van der Waals surface area (Å²) in [5.74, 6) is -0.992. The van der Waals surface area contributed by atoms with Gasteiger partial charge in [-0.25, -0.2) is 9.37 Å². The van der Waals surface area contributed by atoms with Gasteiger partial charge in [-0.3, -0.25) is 9.59 Å². The summed E-state index contributed by atoms with van der Waals surface area (Å²) in [5, 5.41) is 14.8. The Balaban J connectivity index is 1.37. The number of nitrogens with zero attached hydrogens (tertiary/aromatic N) is 2. The Morgan fingerprint density at radius 2 is 1.77 bits per heavy atom. The molecule has 2 N–H and O–H groups in total. The predicted molar refractivity (Wildman–Crippen MR) is 185 cm³/mol. The van der Waals surface area contributed by atoms with Crippen LogP contribution in [0, 0.1) is 0 Å². The number of nitrogens with one attached hydrogen (secondary N) is 1. The maximum Gasteiger partial charge on any atom is 0.336 e. The van der Waals surface area contributed by atoms with Crippen molar-refractivity contribution in [1.82, 2.24) is 9.89 Å². The molecule has 9 nitrogen and oxygen atoms in total. The number of anilines is 1. The number of carbonyl (C=O) groups is 3. The highest BCUT2D eigenvalue weighted by Crippen LogP contribution is 2.42. The number of allylic oxidation sites excluding steroid dienone is 2. The van der Waals surface area contributed by atoms with Crippen molar-refractivity contribution in [2.75, 3.05) is 39.6 Å². The number of fused-ring (bicyclic) bond motifs is 2. The van der Waals surface area contributed by atoms with Crippen molar-refractivity contribution in [3.63, 3.8) is 0 Å². The van der Waals surface area contributed by atoms with Gasteiger partial charge in [-0.15, -0.1) is 0 Å². The fourth-order valence-electron chi connectivity index (χ4n) is 5.98. The topological polar surface area (TPSA) is 112 Å². The van der Waals surface area contributed by atoms with Gasteiger partial charge in [0, 0.05) is 67.0 Å². The average Bonchev–Trinajstić information content (AvgIpc) is 3.03. The Morgan fingerprint density at radius 3 is 2.53 bits per heavy atom. The number of esters is 1. The van der Waals surface area contributed by atoms with E-state index in [0.29, 0.717) is 53.8 Å². The second-order valence-corrected chi connectivity index (χ2v) is 12.5. The minimum Gasteiger partial charge on any atom is -0.478 e. The number of unbranched alkanes of at least 4 members (excludes halogenated alkanes) is 1. The molecule has 0 saturated heterocycles. The summed E-state index contributed by atoms with van der Waals surface area (Å²) >= 11 is 0. The van der Waals surface area contributed by atoms with Crippen LogP contribution in [0.4, 0.5) is 5.69 Å². The number of carboxylic acids is 1. The third-order valence-corrected chi connectivity index (χ3v) is 8.61. The number of hydrogen-bond donors (Lipinski definition) is 2. The van der Waals surface area contributed by atoms with Gasteiger partial charge in [-0.2, -0.15) is 0 Å². The molecular formula is C38H44N3O6+. The third kappa shape index (κ3) is 8.09. The van der Waals surface area contributed by atoms with Crippen molar-refractivity contribution in [2.45, 2.75) is 57.5 Å². The molecule has 246 valence electrons. The number of aromatic carboxylic acids is 1. The molecule has 0 aromatic heterocycles. The summed E-state index contributed by atoms with van der Waals surface area (Å²) < 4.78 is 14.1. The Labute approximate surface area is 275 Å². The Hall–Kier alpha value is -4.92. The Bertz CT molecular complexity index is 1850. The monoisotopic (exact) mass is 638 g/mol. The normalized spacial score (nSPS) is 15.4. The lowest BCUT2D eigenvalue weighted by molar-refractivity contribution is -0.149. The smallest absolute Gasteiger partial charge is 0.336 e. The largest absolute Gasteiger partial charge is 0.478 e. The van der Waals surface area contributed by atoms with Crippen LogP contribution >= 0.6 is 0 Å². The van der Waals surface area contributed by atoms with E-state index in [1.807, 2.05) is 74.1 Å². The molecule has 1 unspecified atom stereocenters. The second kappa shape index (κ2) is 15.1. The molecule has 2 aliphatic carbocycles. The molecule has 1 amide bonds. The van der Waals surface area contributed by atoms with E-state index in [0.717, 1.165) is 54.1 Å². The van der Waals surface area contributed by atoms with E-state index in [1.165, 1.54) is 12.1 Å². The molecule has 0 spiro atoms. The van der Waals surface area contributed by atoms with E-state index in [2.05, 4.69) is 17.5 Å². The highest BCUT2D eigenvalue weighted by molar-refractivity contribution is 6.09. The molecule has 0 saturated carbocycles. The molecule has 0 fully saturated rings. The van der Waals surface area contributed by atoms with Crippen LogP contribution in [0.2, 0.25) is 0 Å². The van der Waals surface area contributed by atoms with E-state index in [4.69, 9.17) is 9.15 Å². The molecule has 2 aromatic rings. The molecule has 0 bridgehead atoms. The molecule has 0 radical (unpaired) electrons. The summed E-state index contributed by atoms with van der Waals surface area (Å²) in [7, 11) is 7.78. The zero-order valence-corrected chi connectivity index (χ0v) is 27.7. The molecule has 9 heteroatoms. The minimum atomic E-state index is -1.09. The van der Waals surface area contributed by atoms with Gasteiger partial charge in [-0.1, -0.05) is 12.2 Å². The zero-order chi connectivity index (χ0) is 33.5. The summed E-state index contributed by atoms with van der Waals surface area (Å²) in [6.07, 6.45) is 10.6. The first kappa shape index (κ1) is 33.4. The lowest BCUT2D eigenvalue weighted by Gasteiger charge is -2.19. The van der Waals surface area contributed by atoms with Gasteiger partial charge >= 0.3 is 11.9 Å². The van der Waals surface area contributed by atoms with Crippen LogP contribution in [0.25, 0.3) is 33.4 Å². The molecule has 2 aromatic carbocycles. The van der Waals surface area contributed by atoms with Crippen molar-refractivity contribution >= 4 is 34.5 Å². The van der Waals surface area contributed by atoms with Crippen molar-refractivity contribution in [3.8, 4) is 22.5 Å². The minimum absolute atomic E-state index is 0.0206. The molecule has 1 atom stereocenters. The Kier molecular flexibility index (Phi) is 10.8. The number of rotatable bonds is 10. The van der Waals surface area contributed by atoms with Crippen molar-refractivity contribution < 1.29 is 28.6 Å². The molecule has 5 rings (SSSR count). The number of hydrogen-bond acceptors (Lipinski definition) is 6. The van der Waals surface area contributed by atoms with Crippen LogP contribution in [0.15, 0.2) is 71.2 Å². The molecule has 1 aliphatic heterocycles. The van der Waals surface area contributed by atoms with Gasteiger partial charge in [0.05, 0.1) is 11.6 Å². The van der Waals surface area contributed by atoms with E-state index >= 15 is 0 Å². The highest BCUT2D eigenvalue weighted by atomic mass is 16.5. The number of ether oxygens (including phenoxy) is 1. The summed E-state index contributed by atoms with van der Waals surface area (Å²) in [4.78, 5) is 40.2. The Morgan fingerprint density at radius 1 is 0.957 bits per heavy atom. The summed E-state index contributed by atoms with van der Waals surface area (Å²) in [6, 6.07) is 16.3. The number of carboxylic acid groups (broad SMARTS) is 1. The van der Waals surface area contributed by atoms with Gasteiger partial charge in [0.15, 0.2) is 0 Å². The standard InChI is InChI=1S/C38H43N3O6/c1-40(2)26-16-19-30-33(23-26)47-34-24-27(41(3)4)17-20-31(34)36(30)32-22-25(15-18-29(32)38(44)45)37(43)39-21-11-10-14-35(42)46-28-12-8-6-5-7-9-13-28/h5-6,15-20,22-24,28H,7-14,21H2,1-4H3,(H-,39,43,44,45)/p+1/b6-5+. The van der Waals surface area contributed by atoms with Crippen LogP contribution in [-0.2, 0) is 9.53 Å². The second-order valence-electron chi connectivity index (χ2n) is 12.5. The van der Waals surface area contributed by atoms with Crippen molar-refractivity contribution in [1.29, 1.82) is 0 Å². The quantitative estimate of drug-likeness (QED) is 0.0686. The van der Waals surface area contributed by atoms with Crippen LogP contribution in [-0.4, -0.2) is 63.8 Å². The zero-order valence-electron chi connectivity index (χ0n) is 27.7. The van der Waals surface area contributed by atoms with Gasteiger partial charge in [0.1, 0.15) is 31.5 Å². The first-order valence-corrected chi connectivity index (χ1v) is 16.3. The predicted octanol–water partition coefficient (Wildman–Crippen LogP) is 6.33. The highest BCUT2D eigenvalue weighted by Gasteiger charge is 2.24. The first-order valence-electron chi connectivity index (χ1n) is 16.3.